The van der Waals surface area contributed by atoms with Gasteiger partial charge in [-0.05, 0) is 267 Å². The van der Waals surface area contributed by atoms with Crippen LogP contribution in [0.2, 0.25) is 0 Å². The van der Waals surface area contributed by atoms with Crippen LogP contribution in [0, 0.1) is 23.7 Å². The molecule has 4 saturated carbocycles. The molecule has 0 N–H and O–H groups in total. The quantitative estimate of drug-likeness (QED) is 0.0356. The molecule has 606 valence electrons. The zero-order chi connectivity index (χ0) is 77.0. The van der Waals surface area contributed by atoms with Crippen molar-refractivity contribution in [2.24, 2.45) is 23.7 Å². The maximum Gasteiger partial charge on any atom is 0.135 e. The third-order valence-corrected chi connectivity index (χ3v) is 27.6. The number of unbranched alkanes of at least 4 members (excludes halogenated alkanes) is 22. The lowest BCUT2D eigenvalue weighted by Gasteiger charge is -2.29. The molecule has 4 heteroatoms. The largest absolute Gasteiger partial charge is 0.494 e. The SMILES string of the molecule is CCCC1CCC(c2ccc(OCCCCCCCCCCCCCCOc3c(-c4ccc(C5CCC(CCC)CC5)cc4)cc4ccccc4c3-c3c(OCCCCCCCCCCCCCCOc4ccc(C5CCC(CCC)CC5)cc4)c(-c4ccc(C5CCC(CCC)CC5)cc4)cc4ccccc34)cc2)CC1. The van der Waals surface area contributed by atoms with Crippen LogP contribution in [0.15, 0.2) is 158 Å². The lowest BCUT2D eigenvalue weighted by Crippen LogP contribution is -2.13. The predicted molar refractivity (Wildman–Crippen MR) is 482 cm³/mol. The molecule has 12 rings (SSSR count). The van der Waals surface area contributed by atoms with Crippen LogP contribution in [0.5, 0.6) is 23.0 Å². The molecule has 8 aromatic carbocycles. The van der Waals surface area contributed by atoms with Gasteiger partial charge in [-0.2, -0.15) is 0 Å². The number of rotatable bonds is 49. The Kier molecular flexibility index (Phi) is 36.0. The van der Waals surface area contributed by atoms with Crippen molar-refractivity contribution < 1.29 is 18.9 Å². The van der Waals surface area contributed by atoms with Crippen LogP contribution in [-0.4, -0.2) is 26.4 Å². The topological polar surface area (TPSA) is 36.9 Å². The van der Waals surface area contributed by atoms with Crippen molar-refractivity contribution in [2.45, 2.75) is 360 Å². The van der Waals surface area contributed by atoms with E-state index in [1.165, 1.54) is 360 Å². The van der Waals surface area contributed by atoms with Crippen molar-refractivity contribution in [1.29, 1.82) is 0 Å². The molecule has 112 heavy (non-hydrogen) atoms. The van der Waals surface area contributed by atoms with E-state index in [1.807, 2.05) is 0 Å². The zero-order valence-electron chi connectivity index (χ0n) is 71.0. The van der Waals surface area contributed by atoms with E-state index in [9.17, 15) is 0 Å². The fourth-order valence-corrected chi connectivity index (χ4v) is 20.9. The van der Waals surface area contributed by atoms with E-state index in [0.29, 0.717) is 25.0 Å². The average molecular weight is 1510 g/mol. The molecule has 0 aliphatic heterocycles. The second-order valence-corrected chi connectivity index (χ2v) is 36.0. The van der Waals surface area contributed by atoms with Gasteiger partial charge in [-0.25, -0.2) is 0 Å². The standard InChI is InChI=1S/C108H150O4/c1-5-37-83-45-53-87(54-46-83)91-61-65-95(66-62-91)103-81-97-41-29-31-43-101(97)105(107(103)111-79-35-27-23-19-15-11-9-13-17-21-25-33-77-109-99-73-69-93(70-74-99)89-57-49-85(39-7-3)50-58-89)106-102-44-32-30-42-98(102)82-104(96-67-63-92(64-68-96)88-55-47-84(38-6-2)48-56-88)108(106)112-80-36-28-24-20-16-12-10-14-18-22-26-34-78-110-100-75-71-94(72-76-100)90-59-51-86(40-8-4)52-60-90/h29-32,41-44,61-76,81-90H,5-28,33-40,45-60,77-80H2,1-4H3. The van der Waals surface area contributed by atoms with Crippen LogP contribution in [-0.2, 0) is 0 Å². The minimum absolute atomic E-state index is 0.635. The summed E-state index contributed by atoms with van der Waals surface area (Å²) in [7, 11) is 0. The first-order valence-electron chi connectivity index (χ1n) is 47.5. The van der Waals surface area contributed by atoms with Gasteiger partial charge in [0.25, 0.3) is 0 Å². The number of ether oxygens (including phenoxy) is 4. The van der Waals surface area contributed by atoms with Gasteiger partial charge in [-0.3, -0.25) is 0 Å². The van der Waals surface area contributed by atoms with E-state index in [-0.39, 0.29) is 0 Å². The molecule has 0 amide bonds. The highest BCUT2D eigenvalue weighted by Crippen LogP contribution is 2.54. The Balaban J connectivity index is 0.671. The van der Waals surface area contributed by atoms with Gasteiger partial charge in [0.1, 0.15) is 23.0 Å². The van der Waals surface area contributed by atoms with Crippen molar-refractivity contribution in [2.75, 3.05) is 26.4 Å². The summed E-state index contributed by atoms with van der Waals surface area (Å²) in [5, 5.41) is 4.91. The van der Waals surface area contributed by atoms with Crippen molar-refractivity contribution >= 4 is 21.5 Å². The predicted octanol–water partition coefficient (Wildman–Crippen LogP) is 33.6. The van der Waals surface area contributed by atoms with Gasteiger partial charge >= 0.3 is 0 Å². The van der Waals surface area contributed by atoms with E-state index in [1.54, 1.807) is 0 Å². The van der Waals surface area contributed by atoms with Crippen molar-refractivity contribution in [3.8, 4) is 56.4 Å². The molecule has 0 heterocycles. The van der Waals surface area contributed by atoms with Crippen LogP contribution >= 0.6 is 0 Å². The third-order valence-electron chi connectivity index (χ3n) is 27.6. The molecule has 0 unspecified atom stereocenters. The summed E-state index contributed by atoms with van der Waals surface area (Å²) < 4.78 is 27.6. The monoisotopic (exact) mass is 1510 g/mol. The molecule has 0 aromatic heterocycles. The second-order valence-electron chi connectivity index (χ2n) is 36.0. The fraction of sp³-hybridized carbons (Fsp3) is 0.593. The van der Waals surface area contributed by atoms with E-state index in [2.05, 4.69) is 185 Å². The van der Waals surface area contributed by atoms with E-state index >= 15 is 0 Å². The zero-order valence-corrected chi connectivity index (χ0v) is 71.0. The summed E-state index contributed by atoms with van der Waals surface area (Å²) >= 11 is 0. The summed E-state index contributed by atoms with van der Waals surface area (Å²) in [6, 6.07) is 61.1. The summed E-state index contributed by atoms with van der Waals surface area (Å²) in [6.45, 7) is 12.4. The number of hydrogen-bond acceptors (Lipinski definition) is 4. The molecule has 8 aromatic rings. The molecular formula is C108H150O4. The number of hydrogen-bond donors (Lipinski definition) is 0. The minimum Gasteiger partial charge on any atom is -0.494 e. The van der Waals surface area contributed by atoms with Gasteiger partial charge in [0, 0.05) is 22.3 Å². The van der Waals surface area contributed by atoms with Gasteiger partial charge in [-0.1, -0.05) is 329 Å². The molecule has 4 fully saturated rings. The van der Waals surface area contributed by atoms with Gasteiger partial charge in [-0.15, -0.1) is 0 Å². The summed E-state index contributed by atoms with van der Waals surface area (Å²) in [5.41, 5.74) is 13.2. The summed E-state index contributed by atoms with van der Waals surface area (Å²) in [6.07, 6.45) is 62.9. The summed E-state index contributed by atoms with van der Waals surface area (Å²) in [5.74, 6) is 10.5. The lowest BCUT2D eigenvalue weighted by molar-refractivity contribution is 0.301. The fourth-order valence-electron chi connectivity index (χ4n) is 20.9. The van der Waals surface area contributed by atoms with Crippen LogP contribution in [0.3, 0.4) is 0 Å². The maximum atomic E-state index is 7.58. The van der Waals surface area contributed by atoms with Crippen LogP contribution in [0.4, 0.5) is 0 Å². The highest BCUT2D eigenvalue weighted by molar-refractivity contribution is 6.14. The van der Waals surface area contributed by atoms with Crippen molar-refractivity contribution in [3.63, 3.8) is 0 Å². The van der Waals surface area contributed by atoms with Crippen LogP contribution in [0.25, 0.3) is 54.9 Å². The Labute approximate surface area is 682 Å². The molecule has 0 spiro atoms. The normalized spacial score (nSPS) is 20.1. The third kappa shape index (κ3) is 25.7. The molecule has 0 saturated heterocycles. The Morgan fingerprint density at radius 1 is 0.241 bits per heavy atom. The Hall–Kier alpha value is -6.52. The first-order chi connectivity index (χ1) is 55.4. The first kappa shape index (κ1) is 84.9. The Morgan fingerprint density at radius 2 is 0.473 bits per heavy atom. The Morgan fingerprint density at radius 3 is 0.732 bits per heavy atom. The number of benzene rings is 8. The minimum atomic E-state index is 0.635. The van der Waals surface area contributed by atoms with E-state index in [0.717, 1.165) is 97.4 Å². The number of fused-ring (bicyclic) bond motifs is 2. The smallest absolute Gasteiger partial charge is 0.135 e. The van der Waals surface area contributed by atoms with E-state index in [4.69, 9.17) is 18.9 Å². The molecule has 4 aliphatic rings. The first-order valence-corrected chi connectivity index (χ1v) is 47.5. The van der Waals surface area contributed by atoms with Gasteiger partial charge in [0.2, 0.25) is 0 Å². The van der Waals surface area contributed by atoms with Gasteiger partial charge in [0.05, 0.1) is 26.4 Å². The van der Waals surface area contributed by atoms with Crippen LogP contribution < -0.4 is 18.9 Å². The molecule has 4 aliphatic carbocycles. The maximum absolute atomic E-state index is 7.58. The molecule has 4 nitrogen and oxygen atoms in total. The van der Waals surface area contributed by atoms with Gasteiger partial charge < -0.3 is 18.9 Å². The van der Waals surface area contributed by atoms with E-state index < -0.39 is 0 Å². The molecule has 0 bridgehead atoms. The summed E-state index contributed by atoms with van der Waals surface area (Å²) in [4.78, 5) is 0. The second kappa shape index (κ2) is 47.5. The lowest BCUT2D eigenvalue weighted by atomic mass is 9.77. The Bertz CT molecular complexity index is 3630. The highest BCUT2D eigenvalue weighted by atomic mass is 16.5. The van der Waals surface area contributed by atoms with Crippen LogP contribution in [0.1, 0.15) is 382 Å². The molecular weight excluding hydrogens is 1360 g/mol. The molecule has 0 radical (unpaired) electrons. The van der Waals surface area contributed by atoms with Crippen molar-refractivity contribution in [1.82, 2.24) is 0 Å². The van der Waals surface area contributed by atoms with Gasteiger partial charge in [0.15, 0.2) is 0 Å². The highest BCUT2D eigenvalue weighted by Gasteiger charge is 2.30. The average Bonchev–Trinajstić information content (AvgIpc) is 0.729. The molecule has 0 atom stereocenters. The van der Waals surface area contributed by atoms with Crippen molar-refractivity contribution in [3.05, 3.63) is 180 Å².